The van der Waals surface area contributed by atoms with Crippen molar-refractivity contribution in [2.45, 2.75) is 19.4 Å². The van der Waals surface area contributed by atoms with Gasteiger partial charge in [0.15, 0.2) is 0 Å². The molecule has 0 bridgehead atoms. The highest BCUT2D eigenvalue weighted by atomic mass is 35.5. The van der Waals surface area contributed by atoms with E-state index in [1.165, 1.54) is 11.5 Å². The normalized spacial score (nSPS) is 17.2. The number of aryl methyl sites for hydroxylation is 1. The van der Waals surface area contributed by atoms with Gasteiger partial charge in [0, 0.05) is 25.2 Å². The van der Waals surface area contributed by atoms with E-state index in [4.69, 9.17) is 4.74 Å². The lowest BCUT2D eigenvalue weighted by Crippen LogP contribution is -2.48. The number of ether oxygens (including phenoxy) is 1. The number of amides is 1. The highest BCUT2D eigenvalue weighted by Gasteiger charge is 2.32. The molecule has 6 nitrogen and oxygen atoms in total. The van der Waals surface area contributed by atoms with Crippen molar-refractivity contribution in [1.82, 2.24) is 19.8 Å². The molecule has 0 aliphatic carbocycles. The van der Waals surface area contributed by atoms with Gasteiger partial charge in [-0.15, -0.1) is 17.5 Å². The maximum absolute atomic E-state index is 13.0. The highest BCUT2D eigenvalue weighted by molar-refractivity contribution is 7.08. The van der Waals surface area contributed by atoms with Crippen LogP contribution in [0.5, 0.6) is 5.75 Å². The number of hydrogen-bond donors (Lipinski definition) is 1. The molecule has 0 radical (unpaired) electrons. The number of nitrogens with one attached hydrogen (secondary N) is 1. The lowest BCUT2D eigenvalue weighted by atomic mass is 10.0. The van der Waals surface area contributed by atoms with Crippen LogP contribution in [-0.4, -0.2) is 47.1 Å². The van der Waals surface area contributed by atoms with E-state index in [-0.39, 0.29) is 24.4 Å². The van der Waals surface area contributed by atoms with Crippen molar-refractivity contribution < 1.29 is 9.53 Å². The second-order valence-electron chi connectivity index (χ2n) is 5.36. The molecule has 1 saturated heterocycles. The Morgan fingerprint density at radius 1 is 1.46 bits per heavy atom. The van der Waals surface area contributed by atoms with Crippen molar-refractivity contribution in [3.63, 3.8) is 0 Å². The minimum absolute atomic E-state index is 0. The van der Waals surface area contributed by atoms with E-state index >= 15 is 0 Å². The van der Waals surface area contributed by atoms with Gasteiger partial charge in [-0.1, -0.05) is 29.6 Å². The Morgan fingerprint density at radius 3 is 3.00 bits per heavy atom. The van der Waals surface area contributed by atoms with E-state index in [2.05, 4.69) is 14.9 Å². The number of rotatable bonds is 4. The monoisotopic (exact) mass is 368 g/mol. The summed E-state index contributed by atoms with van der Waals surface area (Å²) in [6, 6.07) is 7.80. The Labute approximate surface area is 151 Å². The summed E-state index contributed by atoms with van der Waals surface area (Å²) in [5, 5.41) is 7.43. The zero-order valence-electron chi connectivity index (χ0n) is 13.7. The molecule has 3 rings (SSSR count). The van der Waals surface area contributed by atoms with Gasteiger partial charge in [-0.2, -0.15) is 0 Å². The minimum atomic E-state index is -0.0563. The second-order valence-corrected chi connectivity index (χ2v) is 6.12. The molecule has 1 amide bonds. The number of nitrogens with zero attached hydrogens (tertiary/aromatic N) is 3. The summed E-state index contributed by atoms with van der Waals surface area (Å²) in [4.78, 5) is 15.6. The third-order valence-corrected chi connectivity index (χ3v) is 4.84. The Hall–Kier alpha value is -1.70. The van der Waals surface area contributed by atoms with Crippen molar-refractivity contribution in [3.05, 3.63) is 40.4 Å². The molecule has 130 valence electrons. The average Bonchev–Trinajstić information content (AvgIpc) is 3.09. The zero-order valence-corrected chi connectivity index (χ0v) is 15.3. The van der Waals surface area contributed by atoms with Gasteiger partial charge in [0.05, 0.1) is 18.8 Å². The van der Waals surface area contributed by atoms with Gasteiger partial charge in [-0.25, -0.2) is 0 Å². The molecule has 1 aromatic heterocycles. The van der Waals surface area contributed by atoms with Crippen LogP contribution in [0.3, 0.4) is 0 Å². The van der Waals surface area contributed by atoms with Crippen LogP contribution < -0.4 is 10.1 Å². The van der Waals surface area contributed by atoms with Crippen molar-refractivity contribution >= 4 is 29.8 Å². The van der Waals surface area contributed by atoms with Crippen LogP contribution in [0.15, 0.2) is 24.3 Å². The molecule has 1 atom stereocenters. The van der Waals surface area contributed by atoms with E-state index in [1.807, 2.05) is 36.1 Å². The number of hydrogen-bond acceptors (Lipinski definition) is 6. The summed E-state index contributed by atoms with van der Waals surface area (Å²) in [6.45, 7) is 4.14. The molecule has 0 saturated carbocycles. The second kappa shape index (κ2) is 8.41. The number of benzene rings is 1. The molecule has 2 heterocycles. The van der Waals surface area contributed by atoms with Crippen LogP contribution in [0.25, 0.3) is 0 Å². The summed E-state index contributed by atoms with van der Waals surface area (Å²) >= 11 is 1.18. The summed E-state index contributed by atoms with van der Waals surface area (Å²) in [7, 11) is 1.66. The fourth-order valence-corrected chi connectivity index (χ4v) is 3.61. The largest absolute Gasteiger partial charge is 0.496 e. The molecule has 1 aliphatic rings. The fourth-order valence-electron chi connectivity index (χ4n) is 2.90. The van der Waals surface area contributed by atoms with Gasteiger partial charge < -0.3 is 15.0 Å². The standard InChI is InChI=1S/C16H20N4O2S.ClH/c1-3-12-15(23-19-18-12)16(21)20-9-8-17-10-13(20)11-6-4-5-7-14(11)22-2;/h4-7,13,17H,3,8-10H2,1-2H3;1H. The van der Waals surface area contributed by atoms with Gasteiger partial charge in [0.2, 0.25) is 0 Å². The van der Waals surface area contributed by atoms with E-state index in [0.717, 1.165) is 23.6 Å². The molecule has 1 fully saturated rings. The average molecular weight is 369 g/mol. The molecular formula is C16H21ClN4O2S. The topological polar surface area (TPSA) is 67.4 Å². The zero-order chi connectivity index (χ0) is 16.2. The van der Waals surface area contributed by atoms with Gasteiger partial charge in [-0.3, -0.25) is 4.79 Å². The fraction of sp³-hybridized carbons (Fsp3) is 0.438. The first kappa shape index (κ1) is 18.6. The summed E-state index contributed by atoms with van der Waals surface area (Å²) in [6.07, 6.45) is 0.711. The number of halogens is 1. The number of piperazine rings is 1. The molecule has 8 heteroatoms. The maximum atomic E-state index is 13.0. The van der Waals surface area contributed by atoms with Crippen LogP contribution in [0.1, 0.15) is 33.9 Å². The third kappa shape index (κ3) is 3.53. The quantitative estimate of drug-likeness (QED) is 0.897. The Kier molecular flexibility index (Phi) is 6.53. The molecule has 1 aromatic carbocycles. The summed E-state index contributed by atoms with van der Waals surface area (Å²) < 4.78 is 9.42. The lowest BCUT2D eigenvalue weighted by Gasteiger charge is -2.36. The third-order valence-electron chi connectivity index (χ3n) is 4.09. The SMILES string of the molecule is CCc1nnsc1C(=O)N1CCNCC1c1ccccc1OC.Cl. The van der Waals surface area contributed by atoms with Crippen LogP contribution in [-0.2, 0) is 6.42 Å². The van der Waals surface area contributed by atoms with E-state index in [0.29, 0.717) is 24.4 Å². The number of aromatic nitrogens is 2. The first-order chi connectivity index (χ1) is 11.3. The van der Waals surface area contributed by atoms with E-state index in [1.54, 1.807) is 7.11 Å². The van der Waals surface area contributed by atoms with Crippen molar-refractivity contribution in [2.75, 3.05) is 26.7 Å². The number of carbonyl (C=O) groups excluding carboxylic acids is 1. The molecular weight excluding hydrogens is 348 g/mol. The Bertz CT molecular complexity index is 694. The Morgan fingerprint density at radius 2 is 2.25 bits per heavy atom. The van der Waals surface area contributed by atoms with Crippen LogP contribution in [0.2, 0.25) is 0 Å². The Balaban J connectivity index is 0.00000208. The summed E-state index contributed by atoms with van der Waals surface area (Å²) in [5.74, 6) is 0.811. The predicted octanol–water partition coefficient (Wildman–Crippen LogP) is 2.32. The molecule has 1 N–H and O–H groups in total. The number of para-hydroxylation sites is 1. The van der Waals surface area contributed by atoms with Gasteiger partial charge in [0.25, 0.3) is 5.91 Å². The summed E-state index contributed by atoms with van der Waals surface area (Å²) in [5.41, 5.74) is 1.79. The molecule has 24 heavy (non-hydrogen) atoms. The minimum Gasteiger partial charge on any atom is -0.496 e. The van der Waals surface area contributed by atoms with Crippen LogP contribution in [0, 0.1) is 0 Å². The molecule has 1 aliphatic heterocycles. The van der Waals surface area contributed by atoms with Crippen molar-refractivity contribution in [2.24, 2.45) is 0 Å². The molecule has 0 spiro atoms. The van der Waals surface area contributed by atoms with E-state index in [9.17, 15) is 4.79 Å². The highest BCUT2D eigenvalue weighted by Crippen LogP contribution is 2.31. The maximum Gasteiger partial charge on any atom is 0.268 e. The number of methoxy groups -OCH3 is 1. The van der Waals surface area contributed by atoms with E-state index < -0.39 is 0 Å². The lowest BCUT2D eigenvalue weighted by molar-refractivity contribution is 0.0635. The van der Waals surface area contributed by atoms with Crippen LogP contribution in [0.4, 0.5) is 0 Å². The van der Waals surface area contributed by atoms with Crippen molar-refractivity contribution in [1.29, 1.82) is 0 Å². The first-order valence-electron chi connectivity index (χ1n) is 7.72. The smallest absolute Gasteiger partial charge is 0.268 e. The first-order valence-corrected chi connectivity index (χ1v) is 8.49. The van der Waals surface area contributed by atoms with Crippen molar-refractivity contribution in [3.8, 4) is 5.75 Å². The van der Waals surface area contributed by atoms with Gasteiger partial charge in [-0.05, 0) is 24.0 Å². The van der Waals surface area contributed by atoms with Gasteiger partial charge >= 0.3 is 0 Å². The number of carbonyl (C=O) groups is 1. The predicted molar refractivity (Wildman–Crippen MR) is 96.2 cm³/mol. The molecule has 1 unspecified atom stereocenters. The molecule has 2 aromatic rings. The van der Waals surface area contributed by atoms with Crippen LogP contribution >= 0.6 is 23.9 Å². The van der Waals surface area contributed by atoms with Gasteiger partial charge in [0.1, 0.15) is 10.6 Å².